The molecule has 2 atom stereocenters. The molecule has 0 aliphatic carbocycles. The number of aliphatic hydroxyl groups is 1. The molecule has 1 aliphatic rings. The van der Waals surface area contributed by atoms with Crippen molar-refractivity contribution < 1.29 is 5.11 Å². The van der Waals surface area contributed by atoms with E-state index in [0.717, 1.165) is 29.9 Å². The van der Waals surface area contributed by atoms with Gasteiger partial charge in [-0.05, 0) is 28.8 Å². The van der Waals surface area contributed by atoms with Gasteiger partial charge in [-0.3, -0.25) is 14.9 Å². The summed E-state index contributed by atoms with van der Waals surface area (Å²) in [6.45, 7) is 1.35. The van der Waals surface area contributed by atoms with Crippen molar-refractivity contribution in [2.24, 2.45) is 0 Å². The van der Waals surface area contributed by atoms with E-state index in [1.165, 1.54) is 0 Å². The topological polar surface area (TPSA) is 92.9 Å². The monoisotopic (exact) mass is 351 g/mol. The van der Waals surface area contributed by atoms with Crippen molar-refractivity contribution in [3.05, 3.63) is 66.0 Å². The van der Waals surface area contributed by atoms with Crippen LogP contribution in [0.2, 0.25) is 0 Å². The first kappa shape index (κ1) is 16.7. The molecule has 0 radical (unpaired) electrons. The van der Waals surface area contributed by atoms with Crippen molar-refractivity contribution in [2.45, 2.75) is 38.0 Å². The fourth-order valence-electron chi connectivity index (χ4n) is 3.57. The van der Waals surface area contributed by atoms with Gasteiger partial charge in [0.1, 0.15) is 0 Å². The highest BCUT2D eigenvalue weighted by Gasteiger charge is 2.37. The Hall–Kier alpha value is -2.71. The fourth-order valence-corrected chi connectivity index (χ4v) is 3.57. The second-order valence-corrected chi connectivity index (χ2v) is 6.48. The van der Waals surface area contributed by atoms with E-state index in [9.17, 15) is 5.11 Å². The number of benzene rings is 1. The first-order chi connectivity index (χ1) is 12.8. The SMILES string of the molecule is OC[C@@H]1CC[C@@H](c2nnnn2Cc2ccccc2)N1Cc1cnccn1. The van der Waals surface area contributed by atoms with E-state index in [-0.39, 0.29) is 18.7 Å². The summed E-state index contributed by atoms with van der Waals surface area (Å²) in [5.41, 5.74) is 2.03. The van der Waals surface area contributed by atoms with Crippen LogP contribution in [0.4, 0.5) is 0 Å². The van der Waals surface area contributed by atoms with E-state index in [1.807, 2.05) is 22.9 Å². The molecule has 0 bridgehead atoms. The molecular formula is C18H21N7O. The molecule has 0 amide bonds. The fraction of sp³-hybridized carbons (Fsp3) is 0.389. The first-order valence-electron chi connectivity index (χ1n) is 8.76. The van der Waals surface area contributed by atoms with Crippen LogP contribution in [0.15, 0.2) is 48.9 Å². The largest absolute Gasteiger partial charge is 0.395 e. The molecule has 0 saturated carbocycles. The maximum Gasteiger partial charge on any atom is 0.168 e. The highest BCUT2D eigenvalue weighted by atomic mass is 16.3. The number of hydrogen-bond donors (Lipinski definition) is 1. The summed E-state index contributed by atoms with van der Waals surface area (Å²) in [4.78, 5) is 10.7. The standard InChI is InChI=1S/C18H21N7O/c26-13-16-6-7-17(24(16)12-15-10-19-8-9-20-15)18-21-22-23-25(18)11-14-4-2-1-3-5-14/h1-5,8-10,16-17,26H,6-7,11-13H2/t16-,17-/m0/s1. The van der Waals surface area contributed by atoms with Crippen molar-refractivity contribution in [2.75, 3.05) is 6.61 Å². The Balaban J connectivity index is 1.59. The summed E-state index contributed by atoms with van der Waals surface area (Å²) in [6.07, 6.45) is 6.92. The zero-order chi connectivity index (χ0) is 17.8. The zero-order valence-corrected chi connectivity index (χ0v) is 14.4. The number of aliphatic hydroxyl groups excluding tert-OH is 1. The number of nitrogens with zero attached hydrogens (tertiary/aromatic N) is 7. The lowest BCUT2D eigenvalue weighted by atomic mass is 10.2. The Kier molecular flexibility index (Phi) is 4.94. The average molecular weight is 351 g/mol. The van der Waals surface area contributed by atoms with Gasteiger partial charge in [-0.25, -0.2) is 4.68 Å². The number of hydrogen-bond acceptors (Lipinski definition) is 7. The predicted octanol–water partition coefficient (Wildman–Crippen LogP) is 1.21. The van der Waals surface area contributed by atoms with Crippen LogP contribution < -0.4 is 0 Å². The Morgan fingerprint density at radius 2 is 1.96 bits per heavy atom. The molecule has 1 N–H and O–H groups in total. The molecule has 2 aromatic heterocycles. The third kappa shape index (κ3) is 3.47. The zero-order valence-electron chi connectivity index (χ0n) is 14.4. The molecule has 1 saturated heterocycles. The molecule has 1 aromatic carbocycles. The van der Waals surface area contributed by atoms with Crippen molar-refractivity contribution in [1.29, 1.82) is 0 Å². The van der Waals surface area contributed by atoms with Crippen molar-refractivity contribution in [3.8, 4) is 0 Å². The van der Waals surface area contributed by atoms with E-state index >= 15 is 0 Å². The number of tetrazole rings is 1. The highest BCUT2D eigenvalue weighted by molar-refractivity contribution is 5.15. The summed E-state index contributed by atoms with van der Waals surface area (Å²) in [5.74, 6) is 0.827. The minimum absolute atomic E-state index is 0.0490. The smallest absolute Gasteiger partial charge is 0.168 e. The summed E-state index contributed by atoms with van der Waals surface area (Å²) < 4.78 is 1.85. The van der Waals surface area contributed by atoms with Gasteiger partial charge in [-0.1, -0.05) is 30.3 Å². The number of rotatable bonds is 6. The molecule has 0 unspecified atom stereocenters. The van der Waals surface area contributed by atoms with Gasteiger partial charge in [0.25, 0.3) is 0 Å². The van der Waals surface area contributed by atoms with Crippen LogP contribution in [0.3, 0.4) is 0 Å². The van der Waals surface area contributed by atoms with E-state index in [4.69, 9.17) is 0 Å². The Labute approximate surface area is 151 Å². The molecule has 8 nitrogen and oxygen atoms in total. The second-order valence-electron chi connectivity index (χ2n) is 6.48. The van der Waals surface area contributed by atoms with Crippen molar-refractivity contribution >= 4 is 0 Å². The van der Waals surface area contributed by atoms with Crippen LogP contribution in [0, 0.1) is 0 Å². The third-order valence-electron chi connectivity index (χ3n) is 4.85. The third-order valence-corrected chi connectivity index (χ3v) is 4.85. The average Bonchev–Trinajstić information content (AvgIpc) is 3.30. The molecule has 1 fully saturated rings. The van der Waals surface area contributed by atoms with Crippen molar-refractivity contribution in [3.63, 3.8) is 0 Å². The lowest BCUT2D eigenvalue weighted by Crippen LogP contribution is -2.35. The van der Waals surface area contributed by atoms with Crippen LogP contribution in [0.1, 0.15) is 36.0 Å². The van der Waals surface area contributed by atoms with E-state index in [0.29, 0.717) is 13.1 Å². The van der Waals surface area contributed by atoms with Crippen LogP contribution in [0.5, 0.6) is 0 Å². The summed E-state index contributed by atoms with van der Waals surface area (Å²) in [5, 5.41) is 22.2. The van der Waals surface area contributed by atoms with Gasteiger partial charge in [0, 0.05) is 31.2 Å². The maximum atomic E-state index is 9.80. The molecule has 26 heavy (non-hydrogen) atoms. The molecule has 4 rings (SSSR count). The normalized spacial score (nSPS) is 20.5. The minimum Gasteiger partial charge on any atom is -0.395 e. The van der Waals surface area contributed by atoms with Gasteiger partial charge in [0.2, 0.25) is 0 Å². The Bertz CT molecular complexity index is 824. The molecule has 134 valence electrons. The number of aromatic nitrogens is 6. The van der Waals surface area contributed by atoms with Crippen LogP contribution in [0.25, 0.3) is 0 Å². The summed E-state index contributed by atoms with van der Waals surface area (Å²) in [6, 6.07) is 10.3. The van der Waals surface area contributed by atoms with Gasteiger partial charge in [0.05, 0.1) is 24.9 Å². The van der Waals surface area contributed by atoms with Crippen LogP contribution in [-0.4, -0.2) is 52.8 Å². The van der Waals surface area contributed by atoms with Gasteiger partial charge >= 0.3 is 0 Å². The quantitative estimate of drug-likeness (QED) is 0.713. The molecule has 0 spiro atoms. The van der Waals surface area contributed by atoms with Gasteiger partial charge in [-0.2, -0.15) is 0 Å². The van der Waals surface area contributed by atoms with Crippen molar-refractivity contribution in [1.82, 2.24) is 35.1 Å². The van der Waals surface area contributed by atoms with Gasteiger partial charge in [-0.15, -0.1) is 5.10 Å². The van der Waals surface area contributed by atoms with Crippen LogP contribution in [-0.2, 0) is 13.1 Å². The lowest BCUT2D eigenvalue weighted by Gasteiger charge is -2.28. The highest BCUT2D eigenvalue weighted by Crippen LogP contribution is 2.35. The first-order valence-corrected chi connectivity index (χ1v) is 8.76. The summed E-state index contributed by atoms with van der Waals surface area (Å²) >= 11 is 0. The Morgan fingerprint density at radius 1 is 1.08 bits per heavy atom. The lowest BCUT2D eigenvalue weighted by molar-refractivity contribution is 0.116. The minimum atomic E-state index is 0.0490. The number of likely N-dealkylation sites (tertiary alicyclic amines) is 1. The van der Waals surface area contributed by atoms with Gasteiger partial charge < -0.3 is 5.11 Å². The molecule has 3 heterocycles. The maximum absolute atomic E-state index is 9.80. The van der Waals surface area contributed by atoms with Crippen LogP contribution >= 0.6 is 0 Å². The van der Waals surface area contributed by atoms with E-state index < -0.39 is 0 Å². The van der Waals surface area contributed by atoms with E-state index in [2.05, 4.69) is 42.5 Å². The second kappa shape index (κ2) is 7.67. The Morgan fingerprint density at radius 3 is 2.73 bits per heavy atom. The predicted molar refractivity (Wildman–Crippen MR) is 93.8 cm³/mol. The van der Waals surface area contributed by atoms with E-state index in [1.54, 1.807) is 18.6 Å². The molecular weight excluding hydrogens is 330 g/mol. The molecule has 3 aromatic rings. The molecule has 1 aliphatic heterocycles. The molecule has 8 heteroatoms. The summed E-state index contributed by atoms with van der Waals surface area (Å²) in [7, 11) is 0. The van der Waals surface area contributed by atoms with Gasteiger partial charge in [0.15, 0.2) is 5.82 Å².